The van der Waals surface area contributed by atoms with Gasteiger partial charge in [0.1, 0.15) is 0 Å². The van der Waals surface area contributed by atoms with Gasteiger partial charge in [0.2, 0.25) is 0 Å². The van der Waals surface area contributed by atoms with E-state index < -0.39 is 17.6 Å². The first-order valence-electron chi connectivity index (χ1n) is 9.82. The normalized spacial score (nSPS) is 19.8. The molecule has 2 aromatic rings. The SMILES string of the molecule is Cc1cccnc1CCC1CCC(NC(=O)c2cc(C(F)(F)F)ccc2Cl)CC1. The first-order valence-corrected chi connectivity index (χ1v) is 10.2. The Bertz CT molecular complexity index is 861. The zero-order valence-electron chi connectivity index (χ0n) is 16.2. The van der Waals surface area contributed by atoms with Crippen molar-refractivity contribution in [1.82, 2.24) is 10.3 Å². The van der Waals surface area contributed by atoms with Crippen molar-refractivity contribution in [3.8, 4) is 0 Å². The predicted molar refractivity (Wildman–Crippen MR) is 107 cm³/mol. The molecule has 0 aliphatic heterocycles. The van der Waals surface area contributed by atoms with Crippen LogP contribution < -0.4 is 5.32 Å². The predicted octanol–water partition coefficient (Wildman–Crippen LogP) is 5.98. The minimum absolute atomic E-state index is 0.0231. The van der Waals surface area contributed by atoms with E-state index >= 15 is 0 Å². The molecule has 0 spiro atoms. The molecule has 0 atom stereocenters. The number of carbonyl (C=O) groups excluding carboxylic acids is 1. The number of pyridine rings is 1. The number of benzene rings is 1. The lowest BCUT2D eigenvalue weighted by Gasteiger charge is -2.29. The molecule has 3 nitrogen and oxygen atoms in total. The lowest BCUT2D eigenvalue weighted by atomic mass is 9.83. The highest BCUT2D eigenvalue weighted by Crippen LogP contribution is 2.32. The highest BCUT2D eigenvalue weighted by molar-refractivity contribution is 6.33. The lowest BCUT2D eigenvalue weighted by Crippen LogP contribution is -2.38. The zero-order chi connectivity index (χ0) is 21.0. The summed E-state index contributed by atoms with van der Waals surface area (Å²) < 4.78 is 38.7. The Hall–Kier alpha value is -2.08. The van der Waals surface area contributed by atoms with E-state index in [4.69, 9.17) is 11.6 Å². The highest BCUT2D eigenvalue weighted by Gasteiger charge is 2.32. The summed E-state index contributed by atoms with van der Waals surface area (Å²) in [5.74, 6) is 0.0235. The quantitative estimate of drug-likeness (QED) is 0.641. The minimum Gasteiger partial charge on any atom is -0.349 e. The standard InChI is InChI=1S/C22H24ClF3N2O/c1-14-3-2-12-27-20(14)11-6-15-4-8-17(9-5-15)28-21(29)18-13-16(22(24,25)26)7-10-19(18)23/h2-3,7,10,12-13,15,17H,4-6,8-9,11H2,1H3,(H,28,29). The second-order valence-corrected chi connectivity index (χ2v) is 8.10. The summed E-state index contributed by atoms with van der Waals surface area (Å²) in [5.41, 5.74) is 1.32. The van der Waals surface area contributed by atoms with Crippen LogP contribution in [0.15, 0.2) is 36.5 Å². The van der Waals surface area contributed by atoms with Gasteiger partial charge in [-0.1, -0.05) is 17.7 Å². The van der Waals surface area contributed by atoms with Gasteiger partial charge in [-0.15, -0.1) is 0 Å². The molecule has 1 aromatic heterocycles. The monoisotopic (exact) mass is 424 g/mol. The number of nitrogens with one attached hydrogen (secondary N) is 1. The van der Waals surface area contributed by atoms with E-state index in [1.807, 2.05) is 12.3 Å². The van der Waals surface area contributed by atoms with Crippen LogP contribution in [-0.2, 0) is 12.6 Å². The van der Waals surface area contributed by atoms with Gasteiger partial charge >= 0.3 is 6.18 Å². The number of amides is 1. The number of nitrogens with zero attached hydrogens (tertiary/aromatic N) is 1. The Morgan fingerprint density at radius 1 is 1.21 bits per heavy atom. The molecule has 1 heterocycles. The molecule has 1 fully saturated rings. The largest absolute Gasteiger partial charge is 0.416 e. The van der Waals surface area contributed by atoms with Crippen LogP contribution in [0, 0.1) is 12.8 Å². The zero-order valence-corrected chi connectivity index (χ0v) is 17.0. The third-order valence-corrected chi connectivity index (χ3v) is 5.96. The maximum atomic E-state index is 12.9. The van der Waals surface area contributed by atoms with Crippen LogP contribution in [0.25, 0.3) is 0 Å². The molecular formula is C22H24ClF3N2O. The number of halogens is 4. The number of hydrogen-bond acceptors (Lipinski definition) is 2. The van der Waals surface area contributed by atoms with Crippen molar-refractivity contribution < 1.29 is 18.0 Å². The molecule has 1 saturated carbocycles. The average Bonchev–Trinajstić information content (AvgIpc) is 2.68. The fourth-order valence-corrected chi connectivity index (χ4v) is 4.06. The van der Waals surface area contributed by atoms with Crippen molar-refractivity contribution in [2.45, 2.75) is 57.7 Å². The number of aromatic nitrogens is 1. The van der Waals surface area contributed by atoms with Gasteiger partial charge in [-0.3, -0.25) is 9.78 Å². The fraction of sp³-hybridized carbons (Fsp3) is 0.455. The van der Waals surface area contributed by atoms with Crippen molar-refractivity contribution in [3.63, 3.8) is 0 Å². The van der Waals surface area contributed by atoms with Gasteiger partial charge in [-0.2, -0.15) is 13.2 Å². The van der Waals surface area contributed by atoms with Gasteiger partial charge in [-0.05, 0) is 81.2 Å². The molecule has 1 N–H and O–H groups in total. The minimum atomic E-state index is -4.51. The fourth-order valence-electron chi connectivity index (χ4n) is 3.86. The van der Waals surface area contributed by atoms with E-state index in [0.29, 0.717) is 5.92 Å². The molecule has 29 heavy (non-hydrogen) atoms. The van der Waals surface area contributed by atoms with E-state index in [0.717, 1.165) is 62.4 Å². The molecule has 0 unspecified atom stereocenters. The summed E-state index contributed by atoms with van der Waals surface area (Å²) in [5, 5.41) is 2.88. The summed E-state index contributed by atoms with van der Waals surface area (Å²) in [7, 11) is 0. The lowest BCUT2D eigenvalue weighted by molar-refractivity contribution is -0.137. The molecule has 0 saturated heterocycles. The van der Waals surface area contributed by atoms with Crippen LogP contribution >= 0.6 is 11.6 Å². The third-order valence-electron chi connectivity index (χ3n) is 5.63. The van der Waals surface area contributed by atoms with Crippen LogP contribution in [0.5, 0.6) is 0 Å². The van der Waals surface area contributed by atoms with Crippen molar-refractivity contribution in [2.75, 3.05) is 0 Å². The molecule has 1 aromatic carbocycles. The van der Waals surface area contributed by atoms with Crippen LogP contribution in [0.4, 0.5) is 13.2 Å². The van der Waals surface area contributed by atoms with Crippen LogP contribution in [0.2, 0.25) is 5.02 Å². The van der Waals surface area contributed by atoms with E-state index in [2.05, 4.69) is 23.3 Å². The van der Waals surface area contributed by atoms with Crippen molar-refractivity contribution >= 4 is 17.5 Å². The first kappa shape index (κ1) is 21.6. The smallest absolute Gasteiger partial charge is 0.349 e. The average molecular weight is 425 g/mol. The van der Waals surface area contributed by atoms with Gasteiger partial charge in [-0.25, -0.2) is 0 Å². The molecule has 1 aliphatic rings. The molecule has 1 aliphatic carbocycles. The van der Waals surface area contributed by atoms with Gasteiger partial charge in [0, 0.05) is 17.9 Å². The Balaban J connectivity index is 1.52. The maximum Gasteiger partial charge on any atom is 0.416 e. The van der Waals surface area contributed by atoms with E-state index in [9.17, 15) is 18.0 Å². The highest BCUT2D eigenvalue weighted by atomic mass is 35.5. The first-order chi connectivity index (χ1) is 13.7. The van der Waals surface area contributed by atoms with Crippen molar-refractivity contribution in [3.05, 3.63) is 63.9 Å². The molecule has 1 amide bonds. The molecule has 3 rings (SSSR count). The van der Waals surface area contributed by atoms with Crippen molar-refractivity contribution in [2.24, 2.45) is 5.92 Å². The summed E-state index contributed by atoms with van der Waals surface area (Å²) in [4.78, 5) is 16.9. The number of alkyl halides is 3. The Morgan fingerprint density at radius 2 is 1.93 bits per heavy atom. The Labute approximate surface area is 173 Å². The van der Waals surface area contributed by atoms with E-state index in [-0.39, 0.29) is 16.6 Å². The second-order valence-electron chi connectivity index (χ2n) is 7.69. The van der Waals surface area contributed by atoms with E-state index in [1.54, 1.807) is 0 Å². The molecule has 7 heteroatoms. The summed E-state index contributed by atoms with van der Waals surface area (Å²) in [6, 6.07) is 6.78. The number of rotatable bonds is 5. The van der Waals surface area contributed by atoms with Crippen LogP contribution in [0.3, 0.4) is 0 Å². The van der Waals surface area contributed by atoms with Gasteiger partial charge in [0.15, 0.2) is 0 Å². The topological polar surface area (TPSA) is 42.0 Å². The van der Waals surface area contributed by atoms with Gasteiger partial charge in [0.05, 0.1) is 16.1 Å². The molecule has 0 bridgehead atoms. The Kier molecular flexibility index (Phi) is 6.83. The van der Waals surface area contributed by atoms with E-state index in [1.165, 1.54) is 5.56 Å². The summed E-state index contributed by atoms with van der Waals surface area (Å²) in [6.45, 7) is 2.06. The second kappa shape index (κ2) is 9.16. The number of hydrogen-bond donors (Lipinski definition) is 1. The Morgan fingerprint density at radius 3 is 2.59 bits per heavy atom. The van der Waals surface area contributed by atoms with Crippen LogP contribution in [-0.4, -0.2) is 16.9 Å². The maximum absolute atomic E-state index is 12.9. The van der Waals surface area contributed by atoms with Crippen LogP contribution in [0.1, 0.15) is 59.3 Å². The van der Waals surface area contributed by atoms with Gasteiger partial charge in [0.25, 0.3) is 5.91 Å². The number of aryl methyl sites for hydroxylation is 2. The summed E-state index contributed by atoms with van der Waals surface area (Å²) in [6.07, 6.45) is 2.88. The third kappa shape index (κ3) is 5.72. The molecule has 0 radical (unpaired) electrons. The summed E-state index contributed by atoms with van der Waals surface area (Å²) >= 11 is 5.96. The number of carbonyl (C=O) groups is 1. The molecule has 156 valence electrons. The van der Waals surface area contributed by atoms with Gasteiger partial charge < -0.3 is 5.32 Å². The van der Waals surface area contributed by atoms with Crippen molar-refractivity contribution in [1.29, 1.82) is 0 Å². The molecular weight excluding hydrogens is 401 g/mol.